The molecular weight excluding hydrogens is 246 g/mol. The van der Waals surface area contributed by atoms with E-state index in [0.29, 0.717) is 25.0 Å². The van der Waals surface area contributed by atoms with Crippen molar-refractivity contribution in [2.75, 3.05) is 0 Å². The molecule has 1 N–H and O–H groups in total. The zero-order valence-corrected chi connectivity index (χ0v) is 11.0. The van der Waals surface area contributed by atoms with Gasteiger partial charge in [-0.1, -0.05) is 6.07 Å². The molecule has 102 valence electrons. The van der Waals surface area contributed by atoms with Crippen LogP contribution in [0.4, 0.5) is 0 Å². The first-order valence-electron chi connectivity index (χ1n) is 6.19. The lowest BCUT2D eigenvalue weighted by Crippen LogP contribution is -2.26. The van der Waals surface area contributed by atoms with Gasteiger partial charge in [-0.15, -0.1) is 5.10 Å². The molecule has 0 saturated carbocycles. The van der Waals surface area contributed by atoms with Crippen LogP contribution in [0, 0.1) is 5.41 Å². The summed E-state index contributed by atoms with van der Waals surface area (Å²) in [6, 6.07) is 5.35. The van der Waals surface area contributed by atoms with E-state index < -0.39 is 11.4 Å². The first kappa shape index (κ1) is 13.3. The lowest BCUT2D eigenvalue weighted by Gasteiger charge is -2.18. The van der Waals surface area contributed by atoms with E-state index in [0.717, 1.165) is 0 Å². The normalized spacial score (nSPS) is 11.9. The molecule has 0 aliphatic heterocycles. The average molecular weight is 263 g/mol. The number of hydrogen-bond acceptors (Lipinski definition) is 3. The third-order valence-corrected chi connectivity index (χ3v) is 3.24. The smallest absolute Gasteiger partial charge is 0.350 e. The van der Waals surface area contributed by atoms with Gasteiger partial charge in [0.1, 0.15) is 0 Å². The van der Waals surface area contributed by atoms with E-state index in [1.807, 2.05) is 6.07 Å². The second kappa shape index (κ2) is 4.87. The molecule has 0 amide bonds. The molecule has 2 aromatic heterocycles. The molecule has 0 aromatic carbocycles. The molecule has 0 aliphatic rings. The highest BCUT2D eigenvalue weighted by Crippen LogP contribution is 2.22. The summed E-state index contributed by atoms with van der Waals surface area (Å²) in [6.07, 6.45) is 2.77. The molecule has 0 aliphatic carbocycles. The number of pyridine rings is 1. The maximum absolute atomic E-state index is 12.0. The summed E-state index contributed by atoms with van der Waals surface area (Å²) >= 11 is 0. The number of carboxylic acids is 1. The van der Waals surface area contributed by atoms with E-state index in [-0.39, 0.29) is 5.69 Å². The van der Waals surface area contributed by atoms with Gasteiger partial charge in [0.2, 0.25) is 0 Å². The Kier molecular flexibility index (Phi) is 3.42. The monoisotopic (exact) mass is 263 g/mol. The summed E-state index contributed by atoms with van der Waals surface area (Å²) in [5, 5.41) is 13.2. The third kappa shape index (κ3) is 2.67. The Balaban J connectivity index is 2.09. The summed E-state index contributed by atoms with van der Waals surface area (Å²) in [6.45, 7) is 3.79. The van der Waals surface area contributed by atoms with Crippen LogP contribution in [0.3, 0.4) is 0 Å². The van der Waals surface area contributed by atoms with Crippen LogP contribution >= 0.6 is 0 Å². The number of nitrogens with zero attached hydrogens (tertiary/aromatic N) is 3. The number of carboxylic acid groups (broad SMARTS) is 1. The Labute approximate surface area is 110 Å². The van der Waals surface area contributed by atoms with Gasteiger partial charge in [-0.2, -0.15) is 0 Å². The highest BCUT2D eigenvalue weighted by molar-refractivity contribution is 5.73. The molecule has 19 heavy (non-hydrogen) atoms. The minimum atomic E-state index is -0.824. The molecule has 2 rings (SSSR count). The number of hydrogen-bond donors (Lipinski definition) is 1. The third-order valence-electron chi connectivity index (χ3n) is 3.24. The molecule has 6 heteroatoms. The molecule has 2 aromatic rings. The number of aromatic nitrogens is 3. The lowest BCUT2D eigenvalue weighted by atomic mass is 9.88. The van der Waals surface area contributed by atoms with Gasteiger partial charge in [-0.05, 0) is 38.8 Å². The Morgan fingerprint density at radius 1 is 1.42 bits per heavy atom. The van der Waals surface area contributed by atoms with E-state index in [1.165, 1.54) is 9.08 Å². The molecule has 0 unspecified atom stereocenters. The molecule has 0 spiro atoms. The van der Waals surface area contributed by atoms with Gasteiger partial charge in [0.15, 0.2) is 5.65 Å². The molecule has 6 nitrogen and oxygen atoms in total. The van der Waals surface area contributed by atoms with E-state index in [2.05, 4.69) is 5.10 Å². The second-order valence-electron chi connectivity index (χ2n) is 5.23. The van der Waals surface area contributed by atoms with E-state index in [4.69, 9.17) is 5.11 Å². The van der Waals surface area contributed by atoms with Crippen molar-refractivity contribution in [1.82, 2.24) is 14.2 Å². The van der Waals surface area contributed by atoms with Gasteiger partial charge in [0, 0.05) is 12.7 Å². The molecular formula is C13H17N3O3. The van der Waals surface area contributed by atoms with Crippen LogP contribution in [0.1, 0.15) is 26.7 Å². The quantitative estimate of drug-likeness (QED) is 0.884. The highest BCUT2D eigenvalue weighted by Gasteiger charge is 2.26. The first-order chi connectivity index (χ1) is 8.92. The second-order valence-corrected chi connectivity index (χ2v) is 5.23. The minimum Gasteiger partial charge on any atom is -0.481 e. The van der Waals surface area contributed by atoms with Gasteiger partial charge < -0.3 is 5.11 Å². The zero-order valence-electron chi connectivity index (χ0n) is 11.0. The first-order valence-corrected chi connectivity index (χ1v) is 6.19. The van der Waals surface area contributed by atoms with Crippen LogP contribution in [0.15, 0.2) is 29.2 Å². The fourth-order valence-electron chi connectivity index (χ4n) is 1.89. The maximum atomic E-state index is 12.0. The number of fused-ring (bicyclic) bond motifs is 1. The maximum Gasteiger partial charge on any atom is 0.350 e. The fraction of sp³-hybridized carbons (Fsp3) is 0.462. The Hall–Kier alpha value is -2.11. The van der Waals surface area contributed by atoms with Crippen LogP contribution in [-0.2, 0) is 11.3 Å². The summed E-state index contributed by atoms with van der Waals surface area (Å²) in [5.74, 6) is -0.824. The average Bonchev–Trinajstić information content (AvgIpc) is 2.67. The van der Waals surface area contributed by atoms with Gasteiger partial charge in [0.05, 0.1) is 5.41 Å². The standard InChI is InChI=1S/C13H17N3O3/c1-13(2,11(17)18)7-5-9-16-12(19)15-8-4-3-6-10(15)14-16/h3-4,6,8H,5,7,9H2,1-2H3,(H,17,18). The highest BCUT2D eigenvalue weighted by atomic mass is 16.4. The topological polar surface area (TPSA) is 76.6 Å². The molecule has 2 heterocycles. The van der Waals surface area contributed by atoms with Gasteiger partial charge in [-0.25, -0.2) is 9.48 Å². The van der Waals surface area contributed by atoms with Crippen LogP contribution in [0.2, 0.25) is 0 Å². The Bertz CT molecular complexity index is 654. The number of aliphatic carboxylic acids is 1. The van der Waals surface area contributed by atoms with Crippen LogP contribution < -0.4 is 5.69 Å². The van der Waals surface area contributed by atoms with Crippen LogP contribution in [0.25, 0.3) is 5.65 Å². The van der Waals surface area contributed by atoms with E-state index >= 15 is 0 Å². The zero-order chi connectivity index (χ0) is 14.0. The van der Waals surface area contributed by atoms with E-state index in [1.54, 1.807) is 32.2 Å². The predicted octanol–water partition coefficient (Wildman–Crippen LogP) is 1.39. The van der Waals surface area contributed by atoms with Crippen molar-refractivity contribution in [3.05, 3.63) is 34.9 Å². The van der Waals surface area contributed by atoms with Crippen molar-refractivity contribution in [3.8, 4) is 0 Å². The number of carbonyl (C=O) groups is 1. The van der Waals surface area contributed by atoms with Crippen LogP contribution in [-0.4, -0.2) is 25.3 Å². The Morgan fingerprint density at radius 2 is 2.16 bits per heavy atom. The van der Waals surface area contributed by atoms with Crippen molar-refractivity contribution >= 4 is 11.6 Å². The summed E-state index contributed by atoms with van der Waals surface area (Å²) < 4.78 is 2.86. The van der Waals surface area contributed by atoms with Crippen molar-refractivity contribution < 1.29 is 9.90 Å². The number of aryl methyl sites for hydroxylation is 1. The largest absolute Gasteiger partial charge is 0.481 e. The van der Waals surface area contributed by atoms with Crippen molar-refractivity contribution in [2.45, 2.75) is 33.2 Å². The van der Waals surface area contributed by atoms with Gasteiger partial charge in [-0.3, -0.25) is 9.20 Å². The van der Waals surface area contributed by atoms with Gasteiger partial charge >= 0.3 is 11.7 Å². The molecule has 0 fully saturated rings. The molecule has 0 bridgehead atoms. The molecule has 0 radical (unpaired) electrons. The molecule has 0 saturated heterocycles. The predicted molar refractivity (Wildman–Crippen MR) is 70.1 cm³/mol. The minimum absolute atomic E-state index is 0.191. The van der Waals surface area contributed by atoms with Crippen molar-refractivity contribution in [3.63, 3.8) is 0 Å². The number of rotatable bonds is 5. The summed E-state index contributed by atoms with van der Waals surface area (Å²) in [7, 11) is 0. The summed E-state index contributed by atoms with van der Waals surface area (Å²) in [4.78, 5) is 22.9. The van der Waals surface area contributed by atoms with Gasteiger partial charge in [0.25, 0.3) is 0 Å². The van der Waals surface area contributed by atoms with Crippen molar-refractivity contribution in [1.29, 1.82) is 0 Å². The lowest BCUT2D eigenvalue weighted by molar-refractivity contribution is -0.147. The fourth-order valence-corrected chi connectivity index (χ4v) is 1.89. The molecule has 0 atom stereocenters. The summed E-state index contributed by atoms with van der Waals surface area (Å²) in [5.41, 5.74) is -0.364. The van der Waals surface area contributed by atoms with E-state index in [9.17, 15) is 9.59 Å². The van der Waals surface area contributed by atoms with Crippen LogP contribution in [0.5, 0.6) is 0 Å². The Morgan fingerprint density at radius 3 is 2.79 bits per heavy atom. The van der Waals surface area contributed by atoms with Crippen molar-refractivity contribution in [2.24, 2.45) is 5.41 Å². The SMILES string of the molecule is CC(C)(CCCn1nc2ccccn2c1=O)C(=O)O.